The van der Waals surface area contributed by atoms with Crippen LogP contribution in [0.3, 0.4) is 0 Å². The first-order valence-electron chi connectivity index (χ1n) is 5.82. The van der Waals surface area contributed by atoms with Crippen LogP contribution in [-0.2, 0) is 4.74 Å². The van der Waals surface area contributed by atoms with Crippen LogP contribution in [0.25, 0.3) is 11.0 Å². The van der Waals surface area contributed by atoms with Crippen LogP contribution >= 0.6 is 22.6 Å². The number of fused-ring (bicyclic) bond motifs is 3. The lowest BCUT2D eigenvalue weighted by molar-refractivity contribution is 0.0991. The molecule has 4 rings (SSSR count). The van der Waals surface area contributed by atoms with Crippen molar-refractivity contribution >= 4 is 39.3 Å². The number of ether oxygens (including phenoxy) is 1. The summed E-state index contributed by atoms with van der Waals surface area (Å²) < 4.78 is 6.86. The number of pyridine rings is 1. The molecule has 5 heteroatoms. The first-order valence-corrected chi connectivity index (χ1v) is 6.90. The molecule has 2 unspecified atom stereocenters. The molecule has 2 aromatic heterocycles. The second kappa shape index (κ2) is 3.58. The highest BCUT2D eigenvalue weighted by Crippen LogP contribution is 2.33. The van der Waals surface area contributed by atoms with Gasteiger partial charge < -0.3 is 14.6 Å². The third-order valence-electron chi connectivity index (χ3n) is 3.70. The molecule has 0 aliphatic carbocycles. The summed E-state index contributed by atoms with van der Waals surface area (Å²) in [6.45, 7) is 1.88. The van der Waals surface area contributed by atoms with Gasteiger partial charge in [-0.1, -0.05) is 0 Å². The summed E-state index contributed by atoms with van der Waals surface area (Å²) in [5.74, 6) is 0. The number of H-pyrrole nitrogens is 1. The summed E-state index contributed by atoms with van der Waals surface area (Å²) in [6.07, 6.45) is 5.57. The van der Waals surface area contributed by atoms with E-state index < -0.39 is 0 Å². The molecule has 2 saturated heterocycles. The van der Waals surface area contributed by atoms with Gasteiger partial charge in [-0.05, 0) is 35.1 Å². The molecule has 17 heavy (non-hydrogen) atoms. The van der Waals surface area contributed by atoms with Crippen LogP contribution < -0.4 is 4.90 Å². The standard InChI is InChI=1S/C12H12IN3O/c13-11-4-15-12-10(11)2-7(3-14-12)16-5-9-1-8(16)6-17-9/h2-4,8-9H,1,5-6H2,(H,14,15). The van der Waals surface area contributed by atoms with E-state index in [4.69, 9.17) is 4.74 Å². The molecule has 1 N–H and O–H groups in total. The Morgan fingerprint density at radius 3 is 3.24 bits per heavy atom. The number of nitrogens with one attached hydrogen (secondary N) is 1. The third-order valence-corrected chi connectivity index (χ3v) is 4.59. The number of anilines is 1. The Kier molecular flexibility index (Phi) is 2.14. The lowest BCUT2D eigenvalue weighted by Crippen LogP contribution is -2.36. The molecule has 2 aromatic rings. The van der Waals surface area contributed by atoms with Crippen LogP contribution in [0.1, 0.15) is 6.42 Å². The number of aromatic amines is 1. The van der Waals surface area contributed by atoms with Gasteiger partial charge in [0.2, 0.25) is 0 Å². The summed E-state index contributed by atoms with van der Waals surface area (Å²) in [7, 11) is 0. The normalized spacial score (nSPS) is 27.2. The van der Waals surface area contributed by atoms with Crippen molar-refractivity contribution in [3.63, 3.8) is 0 Å². The van der Waals surface area contributed by atoms with Gasteiger partial charge in [-0.2, -0.15) is 0 Å². The minimum atomic E-state index is 0.431. The zero-order valence-electron chi connectivity index (χ0n) is 9.19. The van der Waals surface area contributed by atoms with Gasteiger partial charge in [-0.15, -0.1) is 0 Å². The average Bonchev–Trinajstić information content (AvgIpc) is 3.04. The highest BCUT2D eigenvalue weighted by molar-refractivity contribution is 14.1. The summed E-state index contributed by atoms with van der Waals surface area (Å²) in [4.78, 5) is 10.1. The van der Waals surface area contributed by atoms with Gasteiger partial charge in [-0.3, -0.25) is 0 Å². The molecule has 4 heterocycles. The molecule has 0 radical (unpaired) electrons. The van der Waals surface area contributed by atoms with Crippen molar-refractivity contribution < 1.29 is 4.74 Å². The maximum Gasteiger partial charge on any atom is 0.138 e. The number of hydrogen-bond acceptors (Lipinski definition) is 3. The van der Waals surface area contributed by atoms with Crippen LogP contribution in [0.15, 0.2) is 18.5 Å². The van der Waals surface area contributed by atoms with Crippen molar-refractivity contribution in [2.45, 2.75) is 18.6 Å². The zero-order chi connectivity index (χ0) is 11.4. The van der Waals surface area contributed by atoms with E-state index in [1.807, 2.05) is 12.4 Å². The predicted molar refractivity (Wildman–Crippen MR) is 74.3 cm³/mol. The molecule has 0 spiro atoms. The number of nitrogens with zero attached hydrogens (tertiary/aromatic N) is 2. The fourth-order valence-corrected chi connectivity index (χ4v) is 3.40. The number of aromatic nitrogens is 2. The van der Waals surface area contributed by atoms with Crippen LogP contribution in [0.4, 0.5) is 5.69 Å². The maximum absolute atomic E-state index is 5.63. The summed E-state index contributed by atoms with van der Waals surface area (Å²) in [5.41, 5.74) is 2.20. The molecule has 88 valence electrons. The largest absolute Gasteiger partial charge is 0.374 e. The molecule has 2 bridgehead atoms. The Hall–Kier alpha value is -0.820. The molecule has 2 aliphatic heterocycles. The van der Waals surface area contributed by atoms with Crippen LogP contribution in [0.5, 0.6) is 0 Å². The number of rotatable bonds is 1. The van der Waals surface area contributed by atoms with E-state index in [0.29, 0.717) is 12.1 Å². The van der Waals surface area contributed by atoms with E-state index in [2.05, 4.69) is 43.5 Å². The van der Waals surface area contributed by atoms with Crippen molar-refractivity contribution in [3.05, 3.63) is 22.0 Å². The molecule has 2 aliphatic rings. The van der Waals surface area contributed by atoms with Crippen molar-refractivity contribution in [2.75, 3.05) is 18.1 Å². The molecular weight excluding hydrogens is 329 g/mol. The van der Waals surface area contributed by atoms with Gasteiger partial charge in [-0.25, -0.2) is 4.98 Å². The first kappa shape index (κ1) is 10.1. The van der Waals surface area contributed by atoms with Crippen molar-refractivity contribution in [1.29, 1.82) is 0 Å². The van der Waals surface area contributed by atoms with Gasteiger partial charge in [0.1, 0.15) is 5.65 Å². The number of hydrogen-bond donors (Lipinski definition) is 1. The van der Waals surface area contributed by atoms with E-state index in [0.717, 1.165) is 18.8 Å². The molecule has 2 fully saturated rings. The first-order chi connectivity index (χ1) is 8.31. The van der Waals surface area contributed by atoms with Crippen molar-refractivity contribution in [2.24, 2.45) is 0 Å². The minimum absolute atomic E-state index is 0.431. The fourth-order valence-electron chi connectivity index (χ4n) is 2.83. The number of halogens is 1. The maximum atomic E-state index is 5.63. The molecule has 4 nitrogen and oxygen atoms in total. The lowest BCUT2D eigenvalue weighted by atomic mass is 10.2. The highest BCUT2D eigenvalue weighted by atomic mass is 127. The fraction of sp³-hybridized carbons (Fsp3) is 0.417. The quantitative estimate of drug-likeness (QED) is 0.808. The Balaban J connectivity index is 1.78. The van der Waals surface area contributed by atoms with Gasteiger partial charge in [0.15, 0.2) is 0 Å². The van der Waals surface area contributed by atoms with Crippen molar-refractivity contribution in [1.82, 2.24) is 9.97 Å². The molecule has 0 amide bonds. The molecule has 0 aromatic carbocycles. The van der Waals surface area contributed by atoms with E-state index in [9.17, 15) is 0 Å². The van der Waals surface area contributed by atoms with E-state index >= 15 is 0 Å². The summed E-state index contributed by atoms with van der Waals surface area (Å²) in [5, 5.41) is 1.21. The third kappa shape index (κ3) is 1.48. The zero-order valence-corrected chi connectivity index (χ0v) is 11.3. The number of morpholine rings is 1. The van der Waals surface area contributed by atoms with E-state index in [-0.39, 0.29) is 0 Å². The van der Waals surface area contributed by atoms with Crippen LogP contribution in [0.2, 0.25) is 0 Å². The monoisotopic (exact) mass is 341 g/mol. The Morgan fingerprint density at radius 1 is 1.53 bits per heavy atom. The molecule has 2 atom stereocenters. The average molecular weight is 341 g/mol. The Bertz CT molecular complexity index is 582. The molecular formula is C12H12IN3O. The van der Waals surface area contributed by atoms with Gasteiger partial charge in [0, 0.05) is 21.7 Å². The topological polar surface area (TPSA) is 41.2 Å². The minimum Gasteiger partial charge on any atom is -0.374 e. The SMILES string of the molecule is Ic1c[nH]c2ncc(N3CC4CC3CO4)cc12. The van der Waals surface area contributed by atoms with Crippen LogP contribution in [0, 0.1) is 3.57 Å². The predicted octanol–water partition coefficient (Wildman–Crippen LogP) is 2.15. The summed E-state index contributed by atoms with van der Waals surface area (Å²) >= 11 is 2.34. The second-order valence-electron chi connectivity index (χ2n) is 4.72. The lowest BCUT2D eigenvalue weighted by Gasteiger charge is -2.28. The van der Waals surface area contributed by atoms with E-state index in [1.165, 1.54) is 21.1 Å². The van der Waals surface area contributed by atoms with E-state index in [1.54, 1.807) is 0 Å². The highest BCUT2D eigenvalue weighted by Gasteiger charge is 2.39. The van der Waals surface area contributed by atoms with Gasteiger partial charge >= 0.3 is 0 Å². The Labute approximate surface area is 112 Å². The smallest absolute Gasteiger partial charge is 0.138 e. The Morgan fingerprint density at radius 2 is 2.47 bits per heavy atom. The van der Waals surface area contributed by atoms with Crippen LogP contribution in [-0.4, -0.2) is 35.3 Å². The van der Waals surface area contributed by atoms with Gasteiger partial charge in [0.25, 0.3) is 0 Å². The van der Waals surface area contributed by atoms with Gasteiger partial charge in [0.05, 0.1) is 30.6 Å². The van der Waals surface area contributed by atoms with Crippen molar-refractivity contribution in [3.8, 4) is 0 Å². The summed E-state index contributed by atoms with van der Waals surface area (Å²) in [6, 6.07) is 2.79. The second-order valence-corrected chi connectivity index (χ2v) is 5.89. The molecule has 0 saturated carbocycles.